The van der Waals surface area contributed by atoms with Crippen molar-refractivity contribution in [3.63, 3.8) is 0 Å². The Balaban J connectivity index is 1.36. The molecule has 1 N–H and O–H groups in total. The Morgan fingerprint density at radius 3 is 2.67 bits per heavy atom. The van der Waals surface area contributed by atoms with Gasteiger partial charge in [0.25, 0.3) is 5.91 Å². The Hall–Kier alpha value is -3.57. The molecule has 0 bridgehead atoms. The molecule has 1 saturated heterocycles. The maximum Gasteiger partial charge on any atom is 0.256 e. The summed E-state index contributed by atoms with van der Waals surface area (Å²) >= 11 is 6.17. The van der Waals surface area contributed by atoms with Crippen LogP contribution < -0.4 is 0 Å². The van der Waals surface area contributed by atoms with Crippen molar-refractivity contribution in [2.75, 3.05) is 27.2 Å². The second kappa shape index (κ2) is 10.6. The van der Waals surface area contributed by atoms with E-state index in [4.69, 9.17) is 11.6 Å². The summed E-state index contributed by atoms with van der Waals surface area (Å²) in [7, 11) is 3.36. The molecule has 1 aromatic carbocycles. The summed E-state index contributed by atoms with van der Waals surface area (Å²) < 4.78 is 1.58. The highest BCUT2D eigenvalue weighted by molar-refractivity contribution is 6.30. The van der Waals surface area contributed by atoms with Gasteiger partial charge >= 0.3 is 0 Å². The third-order valence-electron chi connectivity index (χ3n) is 6.12. The molecule has 2 aromatic heterocycles. The van der Waals surface area contributed by atoms with E-state index < -0.39 is 5.60 Å². The van der Waals surface area contributed by atoms with Crippen LogP contribution in [0.1, 0.15) is 40.2 Å². The minimum absolute atomic E-state index is 0.134. The SMILES string of the molecule is Cc1nnn(Cc2cc(Cl)ccc2/C=C/C(=O)N2CCC(O)(Cn3cc(C(=O)N(C)C)cn3)CC2)n1. The van der Waals surface area contributed by atoms with Crippen LogP contribution in [0, 0.1) is 6.92 Å². The standard InChI is InChI=1S/C24H29ClN8O3/c1-17-27-29-33(28-17)15-19-12-21(25)6-4-18(19)5-7-22(34)31-10-8-24(36,9-11-31)16-32-14-20(13-26-32)23(35)30(2)3/h4-7,12-14,36H,8-11,15-16H2,1-3H3/b7-5+. The Bertz CT molecular complexity index is 1270. The first-order valence-electron chi connectivity index (χ1n) is 11.6. The normalized spacial score (nSPS) is 15.4. The molecule has 3 heterocycles. The molecule has 3 aromatic rings. The number of aryl methyl sites for hydroxylation is 1. The van der Waals surface area contributed by atoms with Crippen LogP contribution in [0.2, 0.25) is 5.02 Å². The summed E-state index contributed by atoms with van der Waals surface area (Å²) in [5.41, 5.74) is 1.16. The number of hydrogen-bond acceptors (Lipinski definition) is 7. The monoisotopic (exact) mass is 512 g/mol. The summed E-state index contributed by atoms with van der Waals surface area (Å²) in [5.74, 6) is 0.298. The number of hydrogen-bond donors (Lipinski definition) is 1. The number of carbonyl (C=O) groups excluding carboxylic acids is 2. The zero-order valence-electron chi connectivity index (χ0n) is 20.5. The topological polar surface area (TPSA) is 122 Å². The van der Waals surface area contributed by atoms with Crippen LogP contribution in [0.4, 0.5) is 0 Å². The summed E-state index contributed by atoms with van der Waals surface area (Å²) in [5, 5.41) is 27.9. The molecular weight excluding hydrogens is 484 g/mol. The van der Waals surface area contributed by atoms with Crippen LogP contribution in [0.3, 0.4) is 0 Å². The quantitative estimate of drug-likeness (QED) is 0.477. The molecule has 0 atom stereocenters. The first-order valence-corrected chi connectivity index (χ1v) is 12.0. The largest absolute Gasteiger partial charge is 0.388 e. The van der Waals surface area contributed by atoms with Gasteiger partial charge in [-0.3, -0.25) is 14.3 Å². The number of aliphatic hydroxyl groups is 1. The van der Waals surface area contributed by atoms with Gasteiger partial charge in [0, 0.05) is 44.5 Å². The molecule has 0 unspecified atom stereocenters. The van der Waals surface area contributed by atoms with E-state index in [0.717, 1.165) is 11.1 Å². The number of amides is 2. The average molecular weight is 513 g/mol. The smallest absolute Gasteiger partial charge is 0.256 e. The number of piperidine rings is 1. The molecule has 0 radical (unpaired) electrons. The van der Waals surface area contributed by atoms with E-state index in [1.54, 1.807) is 48.9 Å². The molecule has 2 amide bonds. The number of benzene rings is 1. The first kappa shape index (κ1) is 25.5. The molecule has 0 spiro atoms. The van der Waals surface area contributed by atoms with Gasteiger partial charge in [0.1, 0.15) is 0 Å². The Kier molecular flexibility index (Phi) is 7.51. The van der Waals surface area contributed by atoms with E-state index in [9.17, 15) is 14.7 Å². The van der Waals surface area contributed by atoms with Crippen LogP contribution in [0.5, 0.6) is 0 Å². The zero-order chi connectivity index (χ0) is 25.9. The molecule has 1 aliphatic rings. The molecule has 0 saturated carbocycles. The van der Waals surface area contributed by atoms with E-state index in [-0.39, 0.29) is 18.4 Å². The Morgan fingerprint density at radius 2 is 2.00 bits per heavy atom. The lowest BCUT2D eigenvalue weighted by Crippen LogP contribution is -2.48. The van der Waals surface area contributed by atoms with Crippen LogP contribution in [-0.2, 0) is 17.9 Å². The van der Waals surface area contributed by atoms with Crippen LogP contribution in [0.15, 0.2) is 36.7 Å². The predicted molar refractivity (Wildman–Crippen MR) is 133 cm³/mol. The van der Waals surface area contributed by atoms with Gasteiger partial charge in [0.2, 0.25) is 5.91 Å². The lowest BCUT2D eigenvalue weighted by molar-refractivity contribution is -0.130. The molecule has 1 fully saturated rings. The highest BCUT2D eigenvalue weighted by Gasteiger charge is 2.34. The summed E-state index contributed by atoms with van der Waals surface area (Å²) in [6.45, 7) is 3.23. The van der Waals surface area contributed by atoms with Crippen molar-refractivity contribution in [3.05, 3.63) is 64.2 Å². The fourth-order valence-electron chi connectivity index (χ4n) is 4.10. The molecule has 11 nitrogen and oxygen atoms in total. The lowest BCUT2D eigenvalue weighted by atomic mass is 9.91. The molecule has 4 rings (SSSR count). The Labute approximate surface area is 213 Å². The van der Waals surface area contributed by atoms with Crippen molar-refractivity contribution >= 4 is 29.5 Å². The van der Waals surface area contributed by atoms with Gasteiger partial charge in [-0.15, -0.1) is 10.2 Å². The zero-order valence-corrected chi connectivity index (χ0v) is 21.3. The van der Waals surface area contributed by atoms with Gasteiger partial charge in [-0.05, 0) is 54.3 Å². The summed E-state index contributed by atoms with van der Waals surface area (Å²) in [6, 6.07) is 5.43. The third kappa shape index (κ3) is 6.16. The minimum Gasteiger partial charge on any atom is -0.388 e. The van der Waals surface area contributed by atoms with E-state index in [1.165, 1.54) is 22.0 Å². The van der Waals surface area contributed by atoms with Gasteiger partial charge in [-0.1, -0.05) is 17.7 Å². The van der Waals surface area contributed by atoms with Crippen molar-refractivity contribution in [2.45, 2.75) is 38.5 Å². The van der Waals surface area contributed by atoms with Gasteiger partial charge in [0.05, 0.1) is 30.5 Å². The molecular formula is C24H29ClN8O3. The number of likely N-dealkylation sites (tertiary alicyclic amines) is 1. The minimum atomic E-state index is -1.00. The third-order valence-corrected chi connectivity index (χ3v) is 6.36. The fourth-order valence-corrected chi connectivity index (χ4v) is 4.30. The number of halogens is 1. The van der Waals surface area contributed by atoms with E-state index in [1.807, 2.05) is 12.1 Å². The predicted octanol–water partition coefficient (Wildman–Crippen LogP) is 1.65. The van der Waals surface area contributed by atoms with Gasteiger partial charge in [-0.25, -0.2) is 0 Å². The fraction of sp³-hybridized carbons (Fsp3) is 0.417. The highest BCUT2D eigenvalue weighted by Crippen LogP contribution is 2.25. The molecule has 12 heteroatoms. The molecule has 0 aliphatic carbocycles. The van der Waals surface area contributed by atoms with Crippen molar-refractivity contribution in [1.29, 1.82) is 0 Å². The second-order valence-electron chi connectivity index (χ2n) is 9.22. The average Bonchev–Trinajstić information content (AvgIpc) is 3.46. The number of tetrazole rings is 1. The summed E-state index contributed by atoms with van der Waals surface area (Å²) in [4.78, 5) is 29.6. The van der Waals surface area contributed by atoms with Crippen molar-refractivity contribution in [1.82, 2.24) is 39.8 Å². The first-order chi connectivity index (χ1) is 17.1. The van der Waals surface area contributed by atoms with Crippen molar-refractivity contribution in [3.8, 4) is 0 Å². The molecule has 1 aliphatic heterocycles. The van der Waals surface area contributed by atoms with Gasteiger partial charge in [-0.2, -0.15) is 9.90 Å². The van der Waals surface area contributed by atoms with Gasteiger partial charge in [0.15, 0.2) is 5.82 Å². The van der Waals surface area contributed by atoms with E-state index >= 15 is 0 Å². The van der Waals surface area contributed by atoms with Gasteiger partial charge < -0.3 is 14.9 Å². The van der Waals surface area contributed by atoms with Crippen molar-refractivity contribution in [2.24, 2.45) is 0 Å². The van der Waals surface area contributed by atoms with Crippen LogP contribution >= 0.6 is 11.6 Å². The summed E-state index contributed by atoms with van der Waals surface area (Å²) in [6.07, 6.45) is 7.25. The maximum absolute atomic E-state index is 12.9. The number of carbonyl (C=O) groups is 2. The highest BCUT2D eigenvalue weighted by atomic mass is 35.5. The molecule has 190 valence electrons. The number of rotatable bonds is 7. The van der Waals surface area contributed by atoms with Crippen LogP contribution in [-0.4, -0.2) is 89.5 Å². The van der Waals surface area contributed by atoms with E-state index in [2.05, 4.69) is 20.5 Å². The second-order valence-corrected chi connectivity index (χ2v) is 9.66. The van der Waals surface area contributed by atoms with Crippen molar-refractivity contribution < 1.29 is 14.7 Å². The number of nitrogens with zero attached hydrogens (tertiary/aromatic N) is 8. The lowest BCUT2D eigenvalue weighted by Gasteiger charge is -2.37. The van der Waals surface area contributed by atoms with Crippen LogP contribution in [0.25, 0.3) is 6.08 Å². The number of aromatic nitrogens is 6. The Morgan fingerprint density at radius 1 is 1.25 bits per heavy atom. The maximum atomic E-state index is 12.9. The molecule has 36 heavy (non-hydrogen) atoms. The van der Waals surface area contributed by atoms with E-state index in [0.29, 0.717) is 48.9 Å².